The van der Waals surface area contributed by atoms with E-state index in [1.807, 2.05) is 0 Å². The molecule has 0 saturated carbocycles. The molecule has 0 aliphatic heterocycles. The quantitative estimate of drug-likeness (QED) is 0.227. The molecule has 0 saturated heterocycles. The van der Waals surface area contributed by atoms with E-state index in [1.165, 1.54) is 54.6 Å². The summed E-state index contributed by atoms with van der Waals surface area (Å²) in [6.07, 6.45) is -1.33. The zero-order valence-electron chi connectivity index (χ0n) is 21.1. The highest BCUT2D eigenvalue weighted by molar-refractivity contribution is 6.00. The van der Waals surface area contributed by atoms with Gasteiger partial charge in [0.1, 0.15) is 11.9 Å². The number of hydrogen-bond donors (Lipinski definition) is 1. The standard InChI is InChI=1S/C31H26F3NO4/c1-31(33,34)20-35(30(38)24-15-17-25(18-16-24)39-27-10-6-5-9-26(27)32)19-21-11-13-23(14-12-21)29(37)28(36)22-7-3-2-4-8-22/h2-18,28,36H,19-20H2,1H3. The zero-order valence-corrected chi connectivity index (χ0v) is 21.1. The highest BCUT2D eigenvalue weighted by Crippen LogP contribution is 2.26. The van der Waals surface area contributed by atoms with E-state index >= 15 is 0 Å². The van der Waals surface area contributed by atoms with Crippen molar-refractivity contribution in [3.8, 4) is 11.5 Å². The second-order valence-corrected chi connectivity index (χ2v) is 9.16. The zero-order chi connectivity index (χ0) is 28.0. The van der Waals surface area contributed by atoms with Crippen molar-refractivity contribution in [2.75, 3.05) is 6.54 Å². The molecule has 1 atom stereocenters. The molecule has 0 bridgehead atoms. The fourth-order valence-electron chi connectivity index (χ4n) is 3.98. The number of Topliss-reactive ketones (excluding diaryl/α,β-unsaturated/α-hetero) is 1. The predicted molar refractivity (Wildman–Crippen MR) is 140 cm³/mol. The summed E-state index contributed by atoms with van der Waals surface area (Å²) in [6, 6.07) is 26.2. The number of aliphatic hydroxyl groups is 1. The minimum atomic E-state index is -3.15. The number of carbonyl (C=O) groups is 2. The molecule has 8 heteroatoms. The number of ether oxygens (including phenoxy) is 1. The number of nitrogens with zero attached hydrogens (tertiary/aromatic N) is 1. The summed E-state index contributed by atoms with van der Waals surface area (Å²) in [6.45, 7) is -0.233. The van der Waals surface area contributed by atoms with Gasteiger partial charge in [0.05, 0.1) is 6.54 Å². The van der Waals surface area contributed by atoms with Crippen LogP contribution in [0.3, 0.4) is 0 Å². The first-order chi connectivity index (χ1) is 18.6. The summed E-state index contributed by atoms with van der Waals surface area (Å²) < 4.78 is 47.3. The van der Waals surface area contributed by atoms with Crippen molar-refractivity contribution >= 4 is 11.7 Å². The van der Waals surface area contributed by atoms with E-state index in [0.29, 0.717) is 11.1 Å². The van der Waals surface area contributed by atoms with Crippen LogP contribution in [-0.2, 0) is 6.54 Å². The van der Waals surface area contributed by atoms with Crippen LogP contribution in [0.15, 0.2) is 103 Å². The third-order valence-electron chi connectivity index (χ3n) is 5.90. The first-order valence-corrected chi connectivity index (χ1v) is 12.2. The molecule has 1 amide bonds. The van der Waals surface area contributed by atoms with Crippen LogP contribution in [0.25, 0.3) is 0 Å². The van der Waals surface area contributed by atoms with Gasteiger partial charge in [0.2, 0.25) is 0 Å². The first kappa shape index (κ1) is 27.6. The molecule has 0 fully saturated rings. The molecule has 0 aliphatic rings. The fourth-order valence-corrected chi connectivity index (χ4v) is 3.98. The summed E-state index contributed by atoms with van der Waals surface area (Å²) in [4.78, 5) is 26.9. The molecule has 200 valence electrons. The second-order valence-electron chi connectivity index (χ2n) is 9.16. The van der Waals surface area contributed by atoms with Gasteiger partial charge in [-0.3, -0.25) is 9.59 Å². The third kappa shape index (κ3) is 7.33. The molecule has 4 aromatic rings. The summed E-state index contributed by atoms with van der Waals surface area (Å²) in [7, 11) is 0. The minimum Gasteiger partial charge on any atom is -0.454 e. The lowest BCUT2D eigenvalue weighted by Gasteiger charge is -2.26. The van der Waals surface area contributed by atoms with Crippen molar-refractivity contribution in [1.29, 1.82) is 0 Å². The van der Waals surface area contributed by atoms with Gasteiger partial charge in [-0.1, -0.05) is 66.7 Å². The number of rotatable bonds is 10. The Morgan fingerprint density at radius 2 is 1.44 bits per heavy atom. The van der Waals surface area contributed by atoms with E-state index in [2.05, 4.69) is 0 Å². The van der Waals surface area contributed by atoms with Crippen molar-refractivity contribution in [3.05, 3.63) is 131 Å². The van der Waals surface area contributed by atoms with Crippen LogP contribution in [0, 0.1) is 5.82 Å². The molecule has 0 aromatic heterocycles. The van der Waals surface area contributed by atoms with Crippen molar-refractivity contribution in [3.63, 3.8) is 0 Å². The Morgan fingerprint density at radius 3 is 2.05 bits per heavy atom. The Labute approximate surface area is 224 Å². The Balaban J connectivity index is 1.48. The van der Waals surface area contributed by atoms with Gasteiger partial charge in [0.15, 0.2) is 17.3 Å². The number of para-hydroxylation sites is 1. The SMILES string of the molecule is CC(F)(F)CN(Cc1ccc(C(=O)C(O)c2ccccc2)cc1)C(=O)c1ccc(Oc2ccccc2F)cc1. The highest BCUT2D eigenvalue weighted by Gasteiger charge is 2.29. The van der Waals surface area contributed by atoms with Crippen LogP contribution in [0.5, 0.6) is 11.5 Å². The van der Waals surface area contributed by atoms with Gasteiger partial charge in [0, 0.05) is 24.6 Å². The largest absolute Gasteiger partial charge is 0.454 e. The van der Waals surface area contributed by atoms with Crippen LogP contribution in [-0.4, -0.2) is 34.2 Å². The van der Waals surface area contributed by atoms with Gasteiger partial charge in [-0.25, -0.2) is 13.2 Å². The normalized spacial score (nSPS) is 12.0. The second kappa shape index (κ2) is 12.0. The predicted octanol–water partition coefficient (Wildman–Crippen LogP) is 6.83. The number of alkyl halides is 2. The molecular weight excluding hydrogens is 507 g/mol. The minimum absolute atomic E-state index is 0.0158. The number of halogens is 3. The molecule has 0 heterocycles. The Kier molecular flexibility index (Phi) is 8.46. The Bertz CT molecular complexity index is 1420. The molecule has 1 unspecified atom stereocenters. The number of amides is 1. The summed E-state index contributed by atoms with van der Waals surface area (Å²) in [5.74, 6) is -4.54. The van der Waals surface area contributed by atoms with Crippen LogP contribution < -0.4 is 4.74 Å². The van der Waals surface area contributed by atoms with Gasteiger partial charge in [-0.2, -0.15) is 0 Å². The Hall–Kier alpha value is -4.43. The van der Waals surface area contributed by atoms with Crippen molar-refractivity contribution in [2.45, 2.75) is 25.5 Å². The van der Waals surface area contributed by atoms with E-state index in [1.54, 1.807) is 48.5 Å². The summed E-state index contributed by atoms with van der Waals surface area (Å²) >= 11 is 0. The van der Waals surface area contributed by atoms with Crippen molar-refractivity contribution in [2.24, 2.45) is 0 Å². The average Bonchev–Trinajstić information content (AvgIpc) is 2.93. The lowest BCUT2D eigenvalue weighted by molar-refractivity contribution is -0.0127. The van der Waals surface area contributed by atoms with Gasteiger partial charge in [0.25, 0.3) is 11.8 Å². The van der Waals surface area contributed by atoms with Gasteiger partial charge < -0.3 is 14.7 Å². The topological polar surface area (TPSA) is 66.8 Å². The number of benzene rings is 4. The third-order valence-corrected chi connectivity index (χ3v) is 5.90. The lowest BCUT2D eigenvalue weighted by atomic mass is 9.99. The summed E-state index contributed by atoms with van der Waals surface area (Å²) in [5.41, 5.74) is 1.38. The highest BCUT2D eigenvalue weighted by atomic mass is 19.3. The molecule has 4 aromatic carbocycles. The molecule has 0 radical (unpaired) electrons. The maximum atomic E-state index is 14.0. The van der Waals surface area contributed by atoms with Crippen LogP contribution >= 0.6 is 0 Å². The van der Waals surface area contributed by atoms with Gasteiger partial charge in [-0.15, -0.1) is 0 Å². The number of hydrogen-bond acceptors (Lipinski definition) is 4. The van der Waals surface area contributed by atoms with E-state index < -0.39 is 36.1 Å². The molecule has 0 aliphatic carbocycles. The molecular formula is C31H26F3NO4. The molecule has 5 nitrogen and oxygen atoms in total. The van der Waals surface area contributed by atoms with Crippen LogP contribution in [0.4, 0.5) is 13.2 Å². The molecule has 0 spiro atoms. The van der Waals surface area contributed by atoms with Gasteiger partial charge >= 0.3 is 0 Å². The van der Waals surface area contributed by atoms with E-state index in [9.17, 15) is 27.9 Å². The monoisotopic (exact) mass is 533 g/mol. The molecule has 1 N–H and O–H groups in total. The molecule has 4 rings (SSSR count). The van der Waals surface area contributed by atoms with Crippen molar-refractivity contribution in [1.82, 2.24) is 4.90 Å². The Morgan fingerprint density at radius 1 is 0.846 bits per heavy atom. The first-order valence-electron chi connectivity index (χ1n) is 12.2. The van der Waals surface area contributed by atoms with E-state index in [0.717, 1.165) is 11.8 Å². The van der Waals surface area contributed by atoms with E-state index in [-0.39, 0.29) is 29.2 Å². The maximum absolute atomic E-state index is 14.0. The van der Waals surface area contributed by atoms with Gasteiger partial charge in [-0.05, 0) is 47.5 Å². The maximum Gasteiger partial charge on any atom is 0.262 e. The lowest BCUT2D eigenvalue weighted by Crippen LogP contribution is -2.39. The number of aliphatic hydroxyl groups excluding tert-OH is 1. The van der Waals surface area contributed by atoms with E-state index in [4.69, 9.17) is 4.74 Å². The average molecular weight is 534 g/mol. The fraction of sp³-hybridized carbons (Fsp3) is 0.161. The van der Waals surface area contributed by atoms with Crippen molar-refractivity contribution < 1.29 is 32.6 Å². The number of carbonyl (C=O) groups excluding carboxylic acids is 2. The smallest absolute Gasteiger partial charge is 0.262 e. The number of ketones is 1. The van der Waals surface area contributed by atoms with Crippen LogP contribution in [0.1, 0.15) is 44.9 Å². The molecule has 39 heavy (non-hydrogen) atoms. The summed E-state index contributed by atoms with van der Waals surface area (Å²) in [5, 5.41) is 10.4. The van der Waals surface area contributed by atoms with Crippen LogP contribution in [0.2, 0.25) is 0 Å².